The molecule has 1 saturated carbocycles. The average molecular weight is 571 g/mol. The Kier molecular flexibility index (Phi) is 11.3. The summed E-state index contributed by atoms with van der Waals surface area (Å²) in [5.41, 5.74) is 8.43. The van der Waals surface area contributed by atoms with E-state index in [9.17, 15) is 4.79 Å². The molecule has 1 aliphatic heterocycles. The molecule has 2 aliphatic rings. The van der Waals surface area contributed by atoms with Crippen molar-refractivity contribution in [1.29, 1.82) is 5.41 Å². The molecule has 1 saturated heterocycles. The van der Waals surface area contributed by atoms with Crippen molar-refractivity contribution >= 4 is 17.5 Å². The van der Waals surface area contributed by atoms with Gasteiger partial charge in [0.1, 0.15) is 17.3 Å². The van der Waals surface area contributed by atoms with Crippen LogP contribution < -0.4 is 15.8 Å². The quantitative estimate of drug-likeness (QED) is 0.188. The molecule has 224 valence electrons. The Hall–Kier alpha value is -3.91. The Morgan fingerprint density at radius 2 is 1.79 bits per heavy atom. The minimum absolute atomic E-state index is 0.0290. The van der Waals surface area contributed by atoms with Gasteiger partial charge in [0.2, 0.25) is 5.91 Å². The van der Waals surface area contributed by atoms with Gasteiger partial charge in [-0.2, -0.15) is 0 Å². The van der Waals surface area contributed by atoms with Crippen molar-refractivity contribution in [2.24, 2.45) is 10.7 Å². The molecule has 0 aromatic heterocycles. The van der Waals surface area contributed by atoms with E-state index < -0.39 is 0 Å². The van der Waals surface area contributed by atoms with Crippen LogP contribution in [0.15, 0.2) is 83.0 Å². The van der Waals surface area contributed by atoms with Gasteiger partial charge in [0, 0.05) is 55.6 Å². The van der Waals surface area contributed by atoms with Crippen molar-refractivity contribution in [2.45, 2.75) is 64.5 Å². The number of carbonyl (C=O) groups excluding carboxylic acids is 1. The smallest absolute Gasteiger partial charge is 0.246 e. The SMILES string of the molecule is CCN=C(NC1CCN(C(=O)/C=C/CN(C)C2CCCCC2)C1)/C(C(=N)c1ccc(Oc2ccccc2)cc1)=C(\C)N. The molecule has 8 heteroatoms. The van der Waals surface area contributed by atoms with Crippen molar-refractivity contribution in [3.63, 3.8) is 0 Å². The van der Waals surface area contributed by atoms with Gasteiger partial charge in [-0.25, -0.2) is 0 Å². The average Bonchev–Trinajstić information content (AvgIpc) is 3.47. The number of likely N-dealkylation sites (tertiary alicyclic amines) is 1. The number of amidine groups is 1. The largest absolute Gasteiger partial charge is 0.457 e. The Balaban J connectivity index is 1.35. The predicted octanol–water partition coefficient (Wildman–Crippen LogP) is 5.51. The molecule has 0 radical (unpaired) electrons. The molecule has 42 heavy (non-hydrogen) atoms. The third kappa shape index (κ3) is 8.55. The number of hydrogen-bond donors (Lipinski definition) is 3. The van der Waals surface area contributed by atoms with Gasteiger partial charge in [0.25, 0.3) is 0 Å². The number of aliphatic imine (C=N–C) groups is 1. The number of amides is 1. The number of benzene rings is 2. The lowest BCUT2D eigenvalue weighted by molar-refractivity contribution is -0.125. The van der Waals surface area contributed by atoms with Crippen molar-refractivity contribution in [3.05, 3.63) is 83.6 Å². The highest BCUT2D eigenvalue weighted by Gasteiger charge is 2.28. The molecule has 8 nitrogen and oxygen atoms in total. The summed E-state index contributed by atoms with van der Waals surface area (Å²) in [5.74, 6) is 2.09. The second-order valence-corrected chi connectivity index (χ2v) is 11.2. The first-order valence-electron chi connectivity index (χ1n) is 15.2. The number of likely N-dealkylation sites (N-methyl/N-ethyl adjacent to an activating group) is 1. The van der Waals surface area contributed by atoms with Gasteiger partial charge in [0.15, 0.2) is 0 Å². The third-order valence-corrected chi connectivity index (χ3v) is 8.01. The summed E-state index contributed by atoms with van der Waals surface area (Å²) < 4.78 is 5.91. The normalized spacial score (nSPS) is 18.8. The maximum absolute atomic E-state index is 12.9. The summed E-state index contributed by atoms with van der Waals surface area (Å²) in [6.45, 7) is 6.36. The van der Waals surface area contributed by atoms with Gasteiger partial charge < -0.3 is 20.7 Å². The summed E-state index contributed by atoms with van der Waals surface area (Å²) in [6, 6.07) is 17.7. The Morgan fingerprint density at radius 3 is 2.45 bits per heavy atom. The van der Waals surface area contributed by atoms with Crippen LogP contribution >= 0.6 is 0 Å². The summed E-state index contributed by atoms with van der Waals surface area (Å²) in [5, 5.41) is 12.5. The van der Waals surface area contributed by atoms with Crippen LogP contribution in [0.2, 0.25) is 0 Å². The van der Waals surface area contributed by atoms with Crippen LogP contribution in [0.4, 0.5) is 0 Å². The molecule has 1 heterocycles. The summed E-state index contributed by atoms with van der Waals surface area (Å²) in [7, 11) is 2.16. The van der Waals surface area contributed by atoms with Gasteiger partial charge in [-0.15, -0.1) is 0 Å². The van der Waals surface area contributed by atoms with Crippen molar-refractivity contribution in [3.8, 4) is 11.5 Å². The molecule has 1 amide bonds. The van der Waals surface area contributed by atoms with E-state index in [2.05, 4.69) is 17.3 Å². The Morgan fingerprint density at radius 1 is 1.10 bits per heavy atom. The number of carbonyl (C=O) groups is 1. The van der Waals surface area contributed by atoms with E-state index in [4.69, 9.17) is 20.9 Å². The molecule has 2 aromatic rings. The molecule has 4 N–H and O–H groups in total. The van der Waals surface area contributed by atoms with Gasteiger partial charge in [-0.1, -0.05) is 43.5 Å². The Labute approximate surface area is 250 Å². The fraction of sp³-hybridized carbons (Fsp3) is 0.441. The van der Waals surface area contributed by atoms with Crippen LogP contribution in [0.3, 0.4) is 0 Å². The number of allylic oxidation sites excluding steroid dienone is 1. The second-order valence-electron chi connectivity index (χ2n) is 11.2. The number of rotatable bonds is 11. The van der Waals surface area contributed by atoms with Crippen molar-refractivity contribution in [1.82, 2.24) is 15.1 Å². The topological polar surface area (TPSA) is 107 Å². The molecule has 4 rings (SSSR count). The van der Waals surface area contributed by atoms with Gasteiger partial charge in [-0.3, -0.25) is 20.1 Å². The lowest BCUT2D eigenvalue weighted by atomic mass is 9.94. The van der Waals surface area contributed by atoms with Gasteiger partial charge >= 0.3 is 0 Å². The summed E-state index contributed by atoms with van der Waals surface area (Å²) >= 11 is 0. The zero-order chi connectivity index (χ0) is 29.9. The lowest BCUT2D eigenvalue weighted by Gasteiger charge is -2.30. The maximum Gasteiger partial charge on any atom is 0.246 e. The van der Waals surface area contributed by atoms with Crippen LogP contribution in [0.25, 0.3) is 0 Å². The molecule has 0 spiro atoms. The van der Waals surface area contributed by atoms with Gasteiger partial charge in [-0.05, 0) is 76.6 Å². The first-order chi connectivity index (χ1) is 20.4. The van der Waals surface area contributed by atoms with Gasteiger partial charge in [0.05, 0.1) is 11.3 Å². The van der Waals surface area contributed by atoms with Crippen LogP contribution in [-0.2, 0) is 4.79 Å². The van der Waals surface area contributed by atoms with Crippen LogP contribution in [0.1, 0.15) is 57.9 Å². The fourth-order valence-electron chi connectivity index (χ4n) is 5.68. The molecule has 2 aromatic carbocycles. The number of ether oxygens (including phenoxy) is 1. The molecule has 1 aliphatic carbocycles. The number of nitrogens with two attached hydrogens (primary N) is 1. The molecular formula is C34H46N6O2. The second kappa shape index (κ2) is 15.4. The van der Waals surface area contributed by atoms with Crippen LogP contribution in [0.5, 0.6) is 11.5 Å². The predicted molar refractivity (Wildman–Crippen MR) is 171 cm³/mol. The Bertz CT molecular complexity index is 1270. The van der Waals surface area contributed by atoms with E-state index in [0.29, 0.717) is 54.1 Å². The maximum atomic E-state index is 12.9. The van der Waals surface area contributed by atoms with E-state index in [1.54, 1.807) is 13.0 Å². The first-order valence-corrected chi connectivity index (χ1v) is 15.2. The zero-order valence-corrected chi connectivity index (χ0v) is 25.3. The number of nitrogens with one attached hydrogen (secondary N) is 2. The highest BCUT2D eigenvalue weighted by Crippen LogP contribution is 2.23. The number of nitrogens with zero attached hydrogens (tertiary/aromatic N) is 3. The highest BCUT2D eigenvalue weighted by atomic mass is 16.5. The van der Waals surface area contributed by atoms with Crippen LogP contribution in [0, 0.1) is 5.41 Å². The van der Waals surface area contributed by atoms with E-state index in [1.165, 1.54) is 32.1 Å². The summed E-state index contributed by atoms with van der Waals surface area (Å²) in [4.78, 5) is 21.9. The number of hydrogen-bond acceptors (Lipinski definition) is 6. The third-order valence-electron chi connectivity index (χ3n) is 8.01. The number of para-hydroxylation sites is 1. The molecular weight excluding hydrogens is 524 g/mol. The van der Waals surface area contributed by atoms with E-state index in [1.807, 2.05) is 72.5 Å². The van der Waals surface area contributed by atoms with E-state index >= 15 is 0 Å². The minimum atomic E-state index is 0.0290. The zero-order valence-electron chi connectivity index (χ0n) is 25.3. The lowest BCUT2D eigenvalue weighted by Crippen LogP contribution is -2.41. The molecule has 2 fully saturated rings. The standard InChI is InChI=1S/C34H46N6O2/c1-4-37-34(32(25(2)35)33(36)26-17-19-30(20-18-26)42-29-14-9-6-10-15-29)38-27-21-23-40(24-27)31(41)16-11-22-39(3)28-12-7-5-8-13-28/h6,9-11,14-20,27-28,36H,4-5,7-8,12-13,21-24,35H2,1-3H3,(H,37,38)/b16-11+,32-25+,36-33?. The first kappa shape index (κ1) is 31.0. The van der Waals surface area contributed by atoms with Crippen LogP contribution in [-0.4, -0.2) is 72.6 Å². The fourth-order valence-corrected chi connectivity index (χ4v) is 5.68. The summed E-state index contributed by atoms with van der Waals surface area (Å²) in [6.07, 6.45) is 11.0. The monoisotopic (exact) mass is 570 g/mol. The van der Waals surface area contributed by atoms with Crippen molar-refractivity contribution in [2.75, 3.05) is 33.2 Å². The van der Waals surface area contributed by atoms with E-state index in [-0.39, 0.29) is 17.7 Å². The molecule has 0 bridgehead atoms. The molecule has 1 atom stereocenters. The highest BCUT2D eigenvalue weighted by molar-refractivity contribution is 6.28. The molecule has 1 unspecified atom stereocenters. The van der Waals surface area contributed by atoms with Crippen molar-refractivity contribution < 1.29 is 9.53 Å². The van der Waals surface area contributed by atoms with E-state index in [0.717, 1.165) is 18.7 Å². The minimum Gasteiger partial charge on any atom is -0.457 e.